The quantitative estimate of drug-likeness (QED) is 0.850. The van der Waals surface area contributed by atoms with E-state index in [4.69, 9.17) is 0 Å². The number of nitrogens with zero attached hydrogens (tertiary/aromatic N) is 1. The summed E-state index contributed by atoms with van der Waals surface area (Å²) in [6, 6.07) is 6.81. The zero-order chi connectivity index (χ0) is 16.9. The van der Waals surface area contributed by atoms with E-state index in [-0.39, 0.29) is 29.6 Å². The second-order valence-electron chi connectivity index (χ2n) is 6.32. The summed E-state index contributed by atoms with van der Waals surface area (Å²) in [5.74, 6) is -0.260. The van der Waals surface area contributed by atoms with Crippen LogP contribution in [-0.4, -0.2) is 29.7 Å². The zero-order valence-corrected chi connectivity index (χ0v) is 13.9. The first-order valence-electron chi connectivity index (χ1n) is 7.30. The topological polar surface area (TPSA) is 66.5 Å². The number of Topliss-reactive ketones (excluding diaryl/α,β-unsaturated/α-hetero) is 1. The van der Waals surface area contributed by atoms with E-state index in [0.717, 1.165) is 0 Å². The molecule has 0 heterocycles. The summed E-state index contributed by atoms with van der Waals surface area (Å²) in [5, 5.41) is 2.87. The summed E-state index contributed by atoms with van der Waals surface area (Å²) in [7, 11) is 0. The van der Waals surface area contributed by atoms with Crippen molar-refractivity contribution in [2.75, 3.05) is 11.4 Å². The minimum absolute atomic E-state index is 0.0227. The molecule has 0 saturated carbocycles. The highest BCUT2D eigenvalue weighted by Crippen LogP contribution is 2.16. The molecule has 5 nitrogen and oxygen atoms in total. The molecule has 120 valence electrons. The second-order valence-corrected chi connectivity index (χ2v) is 6.32. The first-order valence-corrected chi connectivity index (χ1v) is 7.30. The van der Waals surface area contributed by atoms with Gasteiger partial charge in [0.2, 0.25) is 11.8 Å². The molecule has 1 N–H and O–H groups in total. The lowest BCUT2D eigenvalue weighted by molar-refractivity contribution is -0.122. The fourth-order valence-corrected chi connectivity index (χ4v) is 2.04. The van der Waals surface area contributed by atoms with E-state index >= 15 is 0 Å². The molecule has 1 aromatic carbocycles. The third-order valence-corrected chi connectivity index (χ3v) is 3.04. The Balaban J connectivity index is 2.76. The molecule has 22 heavy (non-hydrogen) atoms. The van der Waals surface area contributed by atoms with Crippen LogP contribution in [0.15, 0.2) is 24.3 Å². The van der Waals surface area contributed by atoms with Crippen molar-refractivity contribution in [3.63, 3.8) is 0 Å². The fourth-order valence-electron chi connectivity index (χ4n) is 2.04. The van der Waals surface area contributed by atoms with Gasteiger partial charge < -0.3 is 10.2 Å². The maximum Gasteiger partial charge on any atom is 0.223 e. The molecule has 0 bridgehead atoms. The Morgan fingerprint density at radius 1 is 1.05 bits per heavy atom. The van der Waals surface area contributed by atoms with Crippen LogP contribution in [-0.2, 0) is 9.59 Å². The summed E-state index contributed by atoms with van der Waals surface area (Å²) in [5.41, 5.74) is 0.986. The Hall–Kier alpha value is -2.17. The van der Waals surface area contributed by atoms with Crippen molar-refractivity contribution >= 4 is 23.3 Å². The SMILES string of the molecule is CC(=O)c1ccc(N(CCC(=O)NC(C)(C)C)C(C)=O)cc1. The summed E-state index contributed by atoms with van der Waals surface area (Å²) < 4.78 is 0. The monoisotopic (exact) mass is 304 g/mol. The Morgan fingerprint density at radius 2 is 1.59 bits per heavy atom. The van der Waals surface area contributed by atoms with Gasteiger partial charge in [-0.3, -0.25) is 14.4 Å². The molecular weight excluding hydrogens is 280 g/mol. The van der Waals surface area contributed by atoms with Gasteiger partial charge in [-0.05, 0) is 52.0 Å². The lowest BCUT2D eigenvalue weighted by Gasteiger charge is -2.24. The predicted octanol–water partition coefficient (Wildman–Crippen LogP) is 2.55. The van der Waals surface area contributed by atoms with Crippen molar-refractivity contribution in [2.24, 2.45) is 0 Å². The van der Waals surface area contributed by atoms with Crippen LogP contribution < -0.4 is 10.2 Å². The molecule has 0 aliphatic rings. The van der Waals surface area contributed by atoms with E-state index in [1.54, 1.807) is 24.3 Å². The Bertz CT molecular complexity index is 556. The summed E-state index contributed by atoms with van der Waals surface area (Å²) in [6.07, 6.45) is 0.227. The molecule has 0 radical (unpaired) electrons. The fraction of sp³-hybridized carbons (Fsp3) is 0.471. The van der Waals surface area contributed by atoms with Crippen molar-refractivity contribution in [3.05, 3.63) is 29.8 Å². The number of rotatable bonds is 5. The first kappa shape index (κ1) is 17.9. The molecule has 5 heteroatoms. The minimum atomic E-state index is -0.290. The van der Waals surface area contributed by atoms with Gasteiger partial charge in [0.15, 0.2) is 5.78 Å². The Kier molecular flexibility index (Phi) is 5.85. The second kappa shape index (κ2) is 7.20. The highest BCUT2D eigenvalue weighted by atomic mass is 16.2. The van der Waals surface area contributed by atoms with E-state index in [2.05, 4.69) is 5.32 Å². The summed E-state index contributed by atoms with van der Waals surface area (Å²) >= 11 is 0. The van der Waals surface area contributed by atoms with Crippen LogP contribution in [0, 0.1) is 0 Å². The number of benzene rings is 1. The maximum atomic E-state index is 11.9. The van der Waals surface area contributed by atoms with Gasteiger partial charge in [-0.1, -0.05) is 0 Å². The number of carbonyl (C=O) groups excluding carboxylic acids is 3. The Morgan fingerprint density at radius 3 is 2.00 bits per heavy atom. The summed E-state index contributed by atoms with van der Waals surface area (Å²) in [6.45, 7) is 8.99. The average molecular weight is 304 g/mol. The number of amides is 2. The molecule has 1 rings (SSSR count). The lowest BCUT2D eigenvalue weighted by atomic mass is 10.1. The molecule has 0 spiro atoms. The van der Waals surface area contributed by atoms with Crippen LogP contribution in [0.5, 0.6) is 0 Å². The molecule has 0 aromatic heterocycles. The van der Waals surface area contributed by atoms with Crippen molar-refractivity contribution in [1.29, 1.82) is 0 Å². The van der Waals surface area contributed by atoms with Crippen LogP contribution in [0.4, 0.5) is 5.69 Å². The molecule has 0 aliphatic heterocycles. The standard InChI is InChI=1S/C17H24N2O3/c1-12(20)14-6-8-15(9-7-14)19(13(2)21)11-10-16(22)18-17(3,4)5/h6-9H,10-11H2,1-5H3,(H,18,22). The van der Waals surface area contributed by atoms with Crippen LogP contribution in [0.25, 0.3) is 0 Å². The van der Waals surface area contributed by atoms with Gasteiger partial charge in [-0.2, -0.15) is 0 Å². The van der Waals surface area contributed by atoms with E-state index in [9.17, 15) is 14.4 Å². The third kappa shape index (κ3) is 5.68. The largest absolute Gasteiger partial charge is 0.351 e. The molecule has 1 aromatic rings. The minimum Gasteiger partial charge on any atom is -0.351 e. The van der Waals surface area contributed by atoms with Gasteiger partial charge >= 0.3 is 0 Å². The molecule has 0 unspecified atom stereocenters. The predicted molar refractivity (Wildman–Crippen MR) is 87.0 cm³/mol. The van der Waals surface area contributed by atoms with Crippen LogP contribution in [0.3, 0.4) is 0 Å². The van der Waals surface area contributed by atoms with Crippen molar-refractivity contribution < 1.29 is 14.4 Å². The highest BCUT2D eigenvalue weighted by Gasteiger charge is 2.17. The Labute approximate surface area is 131 Å². The zero-order valence-electron chi connectivity index (χ0n) is 13.9. The smallest absolute Gasteiger partial charge is 0.223 e. The number of hydrogen-bond donors (Lipinski definition) is 1. The van der Waals surface area contributed by atoms with Crippen molar-refractivity contribution in [3.8, 4) is 0 Å². The van der Waals surface area contributed by atoms with Gasteiger partial charge in [0.05, 0.1) is 0 Å². The lowest BCUT2D eigenvalue weighted by Crippen LogP contribution is -2.42. The van der Waals surface area contributed by atoms with Gasteiger partial charge in [0, 0.05) is 36.7 Å². The third-order valence-electron chi connectivity index (χ3n) is 3.04. The number of nitrogens with one attached hydrogen (secondary N) is 1. The average Bonchev–Trinajstić information content (AvgIpc) is 2.37. The van der Waals surface area contributed by atoms with Gasteiger partial charge in [0.1, 0.15) is 0 Å². The van der Waals surface area contributed by atoms with Crippen LogP contribution in [0.1, 0.15) is 51.4 Å². The molecule has 0 fully saturated rings. The molecule has 0 aliphatic carbocycles. The molecule has 0 atom stereocenters. The number of anilines is 1. The first-order chi connectivity index (χ1) is 10.1. The van der Waals surface area contributed by atoms with E-state index < -0.39 is 0 Å². The van der Waals surface area contributed by atoms with E-state index in [1.807, 2.05) is 20.8 Å². The maximum absolute atomic E-state index is 11.9. The highest BCUT2D eigenvalue weighted by molar-refractivity contribution is 5.96. The number of ketones is 1. The van der Waals surface area contributed by atoms with Gasteiger partial charge in [-0.15, -0.1) is 0 Å². The van der Waals surface area contributed by atoms with E-state index in [1.165, 1.54) is 18.7 Å². The molecular formula is C17H24N2O3. The van der Waals surface area contributed by atoms with Crippen LogP contribution >= 0.6 is 0 Å². The van der Waals surface area contributed by atoms with Crippen molar-refractivity contribution in [1.82, 2.24) is 5.32 Å². The van der Waals surface area contributed by atoms with Crippen LogP contribution in [0.2, 0.25) is 0 Å². The molecule has 0 saturated heterocycles. The number of carbonyl (C=O) groups is 3. The molecule has 2 amide bonds. The van der Waals surface area contributed by atoms with E-state index in [0.29, 0.717) is 17.8 Å². The number of hydrogen-bond acceptors (Lipinski definition) is 3. The van der Waals surface area contributed by atoms with Gasteiger partial charge in [-0.25, -0.2) is 0 Å². The normalized spacial score (nSPS) is 11.0. The summed E-state index contributed by atoms with van der Waals surface area (Å²) in [4.78, 5) is 36.5. The van der Waals surface area contributed by atoms with Crippen molar-refractivity contribution in [2.45, 2.75) is 46.6 Å². The van der Waals surface area contributed by atoms with Gasteiger partial charge in [0.25, 0.3) is 0 Å².